The van der Waals surface area contributed by atoms with Gasteiger partial charge >= 0.3 is 0 Å². The second-order valence-electron chi connectivity index (χ2n) is 5.91. The van der Waals surface area contributed by atoms with Crippen molar-refractivity contribution in [2.45, 2.75) is 39.8 Å². The summed E-state index contributed by atoms with van der Waals surface area (Å²) in [6, 6.07) is 7.82. The molecule has 1 heterocycles. The molecule has 0 radical (unpaired) electrons. The molecule has 6 heteroatoms. The first kappa shape index (κ1) is 18.0. The lowest BCUT2D eigenvalue weighted by Gasteiger charge is -2.11. The van der Waals surface area contributed by atoms with E-state index in [1.807, 2.05) is 52.1 Å². The first-order chi connectivity index (χ1) is 11.5. The van der Waals surface area contributed by atoms with Crippen molar-refractivity contribution in [1.29, 1.82) is 0 Å². The third-order valence-corrected chi connectivity index (χ3v) is 3.95. The number of likely N-dealkylation sites (N-methyl/N-ethyl adjacent to an activating group) is 1. The van der Waals surface area contributed by atoms with Crippen molar-refractivity contribution in [1.82, 2.24) is 15.8 Å². The van der Waals surface area contributed by atoms with Crippen LogP contribution in [-0.4, -0.2) is 30.7 Å². The quantitative estimate of drug-likeness (QED) is 0.775. The Morgan fingerprint density at radius 1 is 1.29 bits per heavy atom. The minimum Gasteiger partial charge on any atom is -0.489 e. The summed E-state index contributed by atoms with van der Waals surface area (Å²) in [4.78, 5) is 11.9. The lowest BCUT2D eigenvalue weighted by molar-refractivity contribution is -0.120. The molecular formula is C18H25N3O3. The Bertz CT molecular complexity index is 645. The van der Waals surface area contributed by atoms with Gasteiger partial charge in [0.1, 0.15) is 18.1 Å². The highest BCUT2D eigenvalue weighted by Gasteiger charge is 2.10. The van der Waals surface area contributed by atoms with E-state index in [1.165, 1.54) is 0 Å². The van der Waals surface area contributed by atoms with Crippen LogP contribution in [-0.2, 0) is 17.8 Å². The molecule has 1 unspecified atom stereocenters. The van der Waals surface area contributed by atoms with E-state index >= 15 is 0 Å². The van der Waals surface area contributed by atoms with Crippen LogP contribution in [0.3, 0.4) is 0 Å². The number of hydrogen-bond donors (Lipinski definition) is 2. The molecule has 0 aliphatic rings. The summed E-state index contributed by atoms with van der Waals surface area (Å²) in [6.07, 6.45) is 0.362. The van der Waals surface area contributed by atoms with Crippen LogP contribution in [0, 0.1) is 13.8 Å². The second kappa shape index (κ2) is 8.49. The molecule has 130 valence electrons. The number of ether oxygens (including phenoxy) is 1. The van der Waals surface area contributed by atoms with Crippen molar-refractivity contribution >= 4 is 5.91 Å². The fourth-order valence-electron chi connectivity index (χ4n) is 2.18. The average molecular weight is 331 g/mol. The number of aromatic nitrogens is 1. The zero-order valence-electron chi connectivity index (χ0n) is 14.7. The van der Waals surface area contributed by atoms with Crippen LogP contribution in [0.4, 0.5) is 0 Å². The first-order valence-corrected chi connectivity index (χ1v) is 8.07. The van der Waals surface area contributed by atoms with Crippen molar-refractivity contribution in [3.8, 4) is 5.75 Å². The summed E-state index contributed by atoms with van der Waals surface area (Å²) in [5.74, 6) is 1.54. The largest absolute Gasteiger partial charge is 0.489 e. The van der Waals surface area contributed by atoms with E-state index in [4.69, 9.17) is 9.26 Å². The molecule has 1 aromatic heterocycles. The van der Waals surface area contributed by atoms with E-state index in [-0.39, 0.29) is 11.9 Å². The molecule has 0 aliphatic carbocycles. The van der Waals surface area contributed by atoms with E-state index < -0.39 is 0 Å². The second-order valence-corrected chi connectivity index (χ2v) is 5.91. The van der Waals surface area contributed by atoms with Gasteiger partial charge < -0.3 is 19.9 Å². The van der Waals surface area contributed by atoms with E-state index in [2.05, 4.69) is 15.8 Å². The van der Waals surface area contributed by atoms with Gasteiger partial charge in [-0.25, -0.2) is 0 Å². The van der Waals surface area contributed by atoms with Crippen LogP contribution in [0.25, 0.3) is 0 Å². The van der Waals surface area contributed by atoms with Gasteiger partial charge in [-0.2, -0.15) is 0 Å². The molecular weight excluding hydrogens is 306 g/mol. The molecule has 6 nitrogen and oxygen atoms in total. The molecule has 24 heavy (non-hydrogen) atoms. The summed E-state index contributed by atoms with van der Waals surface area (Å²) in [6.45, 7) is 6.82. The summed E-state index contributed by atoms with van der Waals surface area (Å²) in [7, 11) is 1.87. The summed E-state index contributed by atoms with van der Waals surface area (Å²) < 4.78 is 10.9. The van der Waals surface area contributed by atoms with Gasteiger partial charge in [0.25, 0.3) is 0 Å². The molecule has 1 amide bonds. The number of aryl methyl sites for hydroxylation is 2. The molecule has 2 rings (SSSR count). The van der Waals surface area contributed by atoms with E-state index in [9.17, 15) is 4.79 Å². The van der Waals surface area contributed by atoms with Crippen LogP contribution >= 0.6 is 0 Å². The number of nitrogens with zero attached hydrogens (tertiary/aromatic N) is 1. The van der Waals surface area contributed by atoms with Crippen molar-refractivity contribution in [2.24, 2.45) is 0 Å². The Labute approximate surface area is 142 Å². The fraction of sp³-hybridized carbons (Fsp3) is 0.444. The Morgan fingerprint density at radius 3 is 2.58 bits per heavy atom. The lowest BCUT2D eigenvalue weighted by Crippen LogP contribution is -2.37. The number of hydrogen-bond acceptors (Lipinski definition) is 5. The highest BCUT2D eigenvalue weighted by molar-refractivity contribution is 5.78. The van der Waals surface area contributed by atoms with Crippen LogP contribution in [0.5, 0.6) is 5.75 Å². The molecule has 0 saturated carbocycles. The molecule has 0 bridgehead atoms. The molecule has 2 N–H and O–H groups in total. The third kappa shape index (κ3) is 5.09. The summed E-state index contributed by atoms with van der Waals surface area (Å²) in [5, 5.41) is 9.89. The predicted molar refractivity (Wildman–Crippen MR) is 92.0 cm³/mol. The molecule has 0 fully saturated rings. The smallest absolute Gasteiger partial charge is 0.224 e. The van der Waals surface area contributed by atoms with Gasteiger partial charge in [0, 0.05) is 12.6 Å². The van der Waals surface area contributed by atoms with Gasteiger partial charge in [-0.1, -0.05) is 17.3 Å². The van der Waals surface area contributed by atoms with E-state index in [1.54, 1.807) is 0 Å². The third-order valence-electron chi connectivity index (χ3n) is 3.95. The van der Waals surface area contributed by atoms with Crippen molar-refractivity contribution in [3.05, 3.63) is 46.8 Å². The fourth-order valence-corrected chi connectivity index (χ4v) is 2.18. The average Bonchev–Trinajstić information content (AvgIpc) is 2.90. The first-order valence-electron chi connectivity index (χ1n) is 8.07. The maximum absolute atomic E-state index is 11.9. The monoisotopic (exact) mass is 331 g/mol. The normalized spacial score (nSPS) is 12.0. The molecule has 1 atom stereocenters. The van der Waals surface area contributed by atoms with Crippen molar-refractivity contribution in [3.63, 3.8) is 0 Å². The number of rotatable bonds is 8. The van der Waals surface area contributed by atoms with Gasteiger partial charge in [-0.05, 0) is 45.5 Å². The standard InChI is InChI=1S/C18H25N3O3/c1-12(19-4)10-20-18(22)9-15-5-7-16(8-6-15)23-11-17-13(2)21-24-14(17)3/h5-8,12,19H,9-11H2,1-4H3,(H,20,22). The zero-order valence-corrected chi connectivity index (χ0v) is 14.7. The number of carbonyl (C=O) groups is 1. The molecule has 0 aliphatic heterocycles. The van der Waals surface area contributed by atoms with Crippen LogP contribution < -0.4 is 15.4 Å². The Hall–Kier alpha value is -2.34. The SMILES string of the molecule is CNC(C)CNC(=O)Cc1ccc(OCc2c(C)noc2C)cc1. The highest BCUT2D eigenvalue weighted by Crippen LogP contribution is 2.18. The lowest BCUT2D eigenvalue weighted by atomic mass is 10.1. The maximum atomic E-state index is 11.9. The van der Waals surface area contributed by atoms with Crippen LogP contribution in [0.1, 0.15) is 29.5 Å². The van der Waals surface area contributed by atoms with Crippen molar-refractivity contribution < 1.29 is 14.1 Å². The number of carbonyl (C=O) groups excluding carboxylic acids is 1. The van der Waals surface area contributed by atoms with Gasteiger partial charge in [0.2, 0.25) is 5.91 Å². The molecule has 0 spiro atoms. The van der Waals surface area contributed by atoms with Gasteiger partial charge in [0.05, 0.1) is 17.7 Å². The number of nitrogens with one attached hydrogen (secondary N) is 2. The topological polar surface area (TPSA) is 76.4 Å². The molecule has 1 aromatic carbocycles. The van der Waals surface area contributed by atoms with E-state index in [0.717, 1.165) is 28.3 Å². The van der Waals surface area contributed by atoms with Gasteiger partial charge in [-0.3, -0.25) is 4.79 Å². The summed E-state index contributed by atoms with van der Waals surface area (Å²) >= 11 is 0. The molecule has 2 aromatic rings. The van der Waals surface area contributed by atoms with Crippen LogP contribution in [0.15, 0.2) is 28.8 Å². The van der Waals surface area contributed by atoms with Crippen LogP contribution in [0.2, 0.25) is 0 Å². The zero-order chi connectivity index (χ0) is 17.5. The number of amides is 1. The van der Waals surface area contributed by atoms with E-state index in [0.29, 0.717) is 19.6 Å². The Kier molecular flexibility index (Phi) is 6.37. The van der Waals surface area contributed by atoms with Gasteiger partial charge in [-0.15, -0.1) is 0 Å². The number of benzene rings is 1. The minimum atomic E-state index is 0.0153. The minimum absolute atomic E-state index is 0.0153. The highest BCUT2D eigenvalue weighted by atomic mass is 16.5. The van der Waals surface area contributed by atoms with Crippen molar-refractivity contribution in [2.75, 3.05) is 13.6 Å². The summed E-state index contributed by atoms with van der Waals surface area (Å²) in [5.41, 5.74) is 2.77. The maximum Gasteiger partial charge on any atom is 0.224 e. The Balaban J connectivity index is 1.83. The Morgan fingerprint density at radius 2 is 2.00 bits per heavy atom. The predicted octanol–water partition coefficient (Wildman–Crippen LogP) is 2.14. The van der Waals surface area contributed by atoms with Gasteiger partial charge in [0.15, 0.2) is 0 Å². The molecule has 0 saturated heterocycles.